The highest BCUT2D eigenvalue weighted by Gasteiger charge is 2.17. The number of hydrogen-bond donors (Lipinski definition) is 1. The minimum atomic E-state index is 0.145. The Balaban J connectivity index is 2.48. The van der Waals surface area contributed by atoms with E-state index in [-0.39, 0.29) is 6.04 Å². The Bertz CT molecular complexity index is 628. The van der Waals surface area contributed by atoms with E-state index in [4.69, 9.17) is 4.74 Å². The molecular weight excluding hydrogens is 394 g/mol. The van der Waals surface area contributed by atoms with Crippen LogP contribution in [-0.4, -0.2) is 13.7 Å². The number of hydrogen-bond acceptors (Lipinski definition) is 2. The van der Waals surface area contributed by atoms with Crippen LogP contribution < -0.4 is 10.1 Å². The number of ether oxygens (including phenoxy) is 1. The minimum absolute atomic E-state index is 0.145. The van der Waals surface area contributed by atoms with Gasteiger partial charge in [-0.3, -0.25) is 0 Å². The molecule has 2 rings (SSSR count). The standard InChI is InChI=1S/C17H19Br2NO/c1-4-20-17(13-7-5-6-11(2)16(13)19)12-8-9-15(21-3)14(18)10-12/h5-10,17,20H,4H2,1-3H3. The molecule has 0 amide bonds. The first-order valence-electron chi connectivity index (χ1n) is 6.90. The average molecular weight is 413 g/mol. The van der Waals surface area contributed by atoms with Gasteiger partial charge >= 0.3 is 0 Å². The normalized spacial score (nSPS) is 12.2. The predicted octanol–water partition coefficient (Wildman–Crippen LogP) is 5.23. The van der Waals surface area contributed by atoms with Gasteiger partial charge < -0.3 is 10.1 Å². The summed E-state index contributed by atoms with van der Waals surface area (Å²) < 4.78 is 7.43. The van der Waals surface area contributed by atoms with Gasteiger partial charge in [-0.25, -0.2) is 0 Å². The summed E-state index contributed by atoms with van der Waals surface area (Å²) in [5.41, 5.74) is 3.69. The summed E-state index contributed by atoms with van der Waals surface area (Å²) >= 11 is 7.29. The largest absolute Gasteiger partial charge is 0.496 e. The van der Waals surface area contributed by atoms with Crippen LogP contribution in [0, 0.1) is 6.92 Å². The first-order valence-corrected chi connectivity index (χ1v) is 8.49. The first-order chi connectivity index (χ1) is 10.1. The molecule has 1 atom stereocenters. The van der Waals surface area contributed by atoms with Crippen LogP contribution in [0.5, 0.6) is 5.75 Å². The van der Waals surface area contributed by atoms with Crippen LogP contribution >= 0.6 is 31.9 Å². The quantitative estimate of drug-likeness (QED) is 0.725. The molecular formula is C17H19Br2NO. The molecule has 112 valence electrons. The van der Waals surface area contributed by atoms with Crippen LogP contribution in [0.15, 0.2) is 45.3 Å². The SMILES string of the molecule is CCNC(c1ccc(OC)c(Br)c1)c1cccc(C)c1Br. The summed E-state index contributed by atoms with van der Waals surface area (Å²) in [4.78, 5) is 0. The Labute approximate surface area is 143 Å². The van der Waals surface area contributed by atoms with E-state index in [0.717, 1.165) is 21.2 Å². The topological polar surface area (TPSA) is 21.3 Å². The molecule has 2 nitrogen and oxygen atoms in total. The number of halogens is 2. The molecule has 0 bridgehead atoms. The fraction of sp³-hybridized carbons (Fsp3) is 0.294. The molecule has 0 aromatic heterocycles. The van der Waals surface area contributed by atoms with Gasteiger partial charge in [0.25, 0.3) is 0 Å². The highest BCUT2D eigenvalue weighted by atomic mass is 79.9. The molecule has 1 unspecified atom stereocenters. The molecule has 2 aromatic rings. The van der Waals surface area contributed by atoms with Crippen LogP contribution in [0.4, 0.5) is 0 Å². The summed E-state index contributed by atoms with van der Waals surface area (Å²) in [5, 5.41) is 3.56. The second-order valence-electron chi connectivity index (χ2n) is 4.86. The number of rotatable bonds is 5. The Kier molecular flexibility index (Phi) is 5.85. The van der Waals surface area contributed by atoms with Crippen molar-refractivity contribution in [2.75, 3.05) is 13.7 Å². The van der Waals surface area contributed by atoms with Crippen LogP contribution in [0.3, 0.4) is 0 Å². The summed E-state index contributed by atoms with van der Waals surface area (Å²) in [6.45, 7) is 5.13. The summed E-state index contributed by atoms with van der Waals surface area (Å²) in [7, 11) is 1.68. The van der Waals surface area contributed by atoms with Crippen LogP contribution in [0.2, 0.25) is 0 Å². The van der Waals surface area contributed by atoms with Crippen molar-refractivity contribution in [2.45, 2.75) is 19.9 Å². The zero-order valence-electron chi connectivity index (χ0n) is 12.4. The molecule has 4 heteroatoms. The van der Waals surface area contributed by atoms with E-state index in [1.165, 1.54) is 16.7 Å². The van der Waals surface area contributed by atoms with Gasteiger partial charge in [0.15, 0.2) is 0 Å². The summed E-state index contributed by atoms with van der Waals surface area (Å²) in [5.74, 6) is 0.845. The van der Waals surface area contributed by atoms with Crippen LogP contribution in [0.25, 0.3) is 0 Å². The fourth-order valence-corrected chi connectivity index (χ4v) is 3.42. The monoisotopic (exact) mass is 411 g/mol. The Hall–Kier alpha value is -0.840. The van der Waals surface area contributed by atoms with Crippen molar-refractivity contribution in [3.8, 4) is 5.75 Å². The van der Waals surface area contributed by atoms with E-state index in [0.29, 0.717) is 0 Å². The van der Waals surface area contributed by atoms with Crippen molar-refractivity contribution in [1.82, 2.24) is 5.32 Å². The van der Waals surface area contributed by atoms with Gasteiger partial charge in [-0.2, -0.15) is 0 Å². The van der Waals surface area contributed by atoms with Crippen molar-refractivity contribution in [3.63, 3.8) is 0 Å². The molecule has 0 fully saturated rings. The molecule has 2 aromatic carbocycles. The minimum Gasteiger partial charge on any atom is -0.496 e. The molecule has 0 radical (unpaired) electrons. The highest BCUT2D eigenvalue weighted by molar-refractivity contribution is 9.10. The van der Waals surface area contributed by atoms with E-state index < -0.39 is 0 Å². The lowest BCUT2D eigenvalue weighted by molar-refractivity contribution is 0.412. The first kappa shape index (κ1) is 16.5. The molecule has 0 saturated carbocycles. The van der Waals surface area contributed by atoms with E-state index in [9.17, 15) is 0 Å². The average Bonchev–Trinajstić information content (AvgIpc) is 2.48. The van der Waals surface area contributed by atoms with E-state index in [2.05, 4.69) is 81.4 Å². The summed E-state index contributed by atoms with van der Waals surface area (Å²) in [6, 6.07) is 12.7. The molecule has 0 aliphatic heterocycles. The fourth-order valence-electron chi connectivity index (χ4n) is 2.37. The molecule has 21 heavy (non-hydrogen) atoms. The Morgan fingerprint density at radius 1 is 1.19 bits per heavy atom. The summed E-state index contributed by atoms with van der Waals surface area (Å²) in [6.07, 6.45) is 0. The molecule has 1 N–H and O–H groups in total. The lowest BCUT2D eigenvalue weighted by Crippen LogP contribution is -2.22. The molecule has 0 aliphatic carbocycles. The third-order valence-electron chi connectivity index (χ3n) is 3.45. The third-order valence-corrected chi connectivity index (χ3v) is 5.15. The lowest BCUT2D eigenvalue weighted by atomic mass is 9.97. The van der Waals surface area contributed by atoms with Crippen LogP contribution in [0.1, 0.15) is 29.7 Å². The highest BCUT2D eigenvalue weighted by Crippen LogP contribution is 2.34. The maximum absolute atomic E-state index is 5.31. The number of benzene rings is 2. The smallest absolute Gasteiger partial charge is 0.133 e. The van der Waals surface area contributed by atoms with Gasteiger partial charge in [-0.15, -0.1) is 0 Å². The van der Waals surface area contributed by atoms with Gasteiger partial charge in [0, 0.05) is 4.47 Å². The molecule has 0 heterocycles. The van der Waals surface area contributed by atoms with E-state index >= 15 is 0 Å². The van der Waals surface area contributed by atoms with E-state index in [1.54, 1.807) is 7.11 Å². The third kappa shape index (κ3) is 3.68. The van der Waals surface area contributed by atoms with Crippen molar-refractivity contribution in [2.24, 2.45) is 0 Å². The second-order valence-corrected chi connectivity index (χ2v) is 6.51. The van der Waals surface area contributed by atoms with Crippen molar-refractivity contribution in [3.05, 3.63) is 62.0 Å². The Morgan fingerprint density at radius 2 is 1.95 bits per heavy atom. The molecule has 0 spiro atoms. The van der Waals surface area contributed by atoms with Gasteiger partial charge in [-0.1, -0.05) is 47.1 Å². The maximum atomic E-state index is 5.31. The van der Waals surface area contributed by atoms with Crippen LogP contribution in [-0.2, 0) is 0 Å². The van der Waals surface area contributed by atoms with Crippen molar-refractivity contribution < 1.29 is 4.74 Å². The van der Waals surface area contributed by atoms with E-state index in [1.807, 2.05) is 6.07 Å². The zero-order chi connectivity index (χ0) is 15.4. The predicted molar refractivity (Wildman–Crippen MR) is 95.1 cm³/mol. The zero-order valence-corrected chi connectivity index (χ0v) is 15.6. The lowest BCUT2D eigenvalue weighted by Gasteiger charge is -2.22. The van der Waals surface area contributed by atoms with Crippen molar-refractivity contribution in [1.29, 1.82) is 0 Å². The maximum Gasteiger partial charge on any atom is 0.133 e. The van der Waals surface area contributed by atoms with Gasteiger partial charge in [0.1, 0.15) is 5.75 Å². The Morgan fingerprint density at radius 3 is 2.57 bits per heavy atom. The van der Waals surface area contributed by atoms with Crippen molar-refractivity contribution >= 4 is 31.9 Å². The van der Waals surface area contributed by atoms with Gasteiger partial charge in [-0.05, 0) is 58.2 Å². The number of nitrogens with one attached hydrogen (secondary N) is 1. The molecule has 0 saturated heterocycles. The van der Waals surface area contributed by atoms with Gasteiger partial charge in [0.05, 0.1) is 17.6 Å². The number of aryl methyl sites for hydroxylation is 1. The van der Waals surface area contributed by atoms with Gasteiger partial charge in [0.2, 0.25) is 0 Å². The molecule has 0 aliphatic rings. The second kappa shape index (κ2) is 7.43. The number of methoxy groups -OCH3 is 1.